The zero-order valence-electron chi connectivity index (χ0n) is 18.5. The van der Waals surface area contributed by atoms with Crippen LogP contribution in [0.3, 0.4) is 0 Å². The third kappa shape index (κ3) is 4.62. The van der Waals surface area contributed by atoms with Gasteiger partial charge in [-0.25, -0.2) is 4.79 Å². The Labute approximate surface area is 203 Å². The van der Waals surface area contributed by atoms with Gasteiger partial charge in [-0.2, -0.15) is 0 Å². The van der Waals surface area contributed by atoms with E-state index in [-0.39, 0.29) is 41.0 Å². The summed E-state index contributed by atoms with van der Waals surface area (Å²) >= 11 is 0. The molecule has 0 amide bonds. The Morgan fingerprint density at radius 1 is 0.917 bits per heavy atom. The zero-order valence-corrected chi connectivity index (χ0v) is 18.5. The van der Waals surface area contributed by atoms with Crippen LogP contribution >= 0.6 is 0 Å². The Morgan fingerprint density at radius 2 is 1.56 bits per heavy atom. The number of rotatable bonds is 5. The fourth-order valence-corrected chi connectivity index (χ4v) is 4.18. The van der Waals surface area contributed by atoms with Crippen molar-refractivity contribution in [3.05, 3.63) is 41.0 Å². The molecule has 0 saturated carbocycles. The van der Waals surface area contributed by atoms with E-state index in [4.69, 9.17) is 14.2 Å². The molecule has 2 aromatic carbocycles. The molecule has 13 heteroatoms. The Bertz CT molecular complexity index is 1160. The summed E-state index contributed by atoms with van der Waals surface area (Å²) in [6, 6.07) is 3.99. The summed E-state index contributed by atoms with van der Waals surface area (Å²) < 4.78 is 16.3. The average molecular weight is 508 g/mol. The normalized spacial score (nSPS) is 27.9. The third-order valence-corrected chi connectivity index (χ3v) is 6.09. The van der Waals surface area contributed by atoms with E-state index in [2.05, 4.69) is 0 Å². The Morgan fingerprint density at radius 3 is 2.22 bits per heavy atom. The number of phenolic OH excluding ortho intramolecular Hbond substituents is 5. The third-order valence-electron chi connectivity index (χ3n) is 6.09. The molecule has 194 valence electrons. The van der Waals surface area contributed by atoms with E-state index in [1.807, 2.05) is 0 Å². The van der Waals surface area contributed by atoms with Gasteiger partial charge in [0.15, 0.2) is 29.3 Å². The Kier molecular flexibility index (Phi) is 6.93. The molecule has 0 unspecified atom stereocenters. The van der Waals surface area contributed by atoms with E-state index in [0.717, 1.165) is 18.2 Å². The fourth-order valence-electron chi connectivity index (χ4n) is 4.18. The SMILES string of the molecule is O=C(OC[C@H]1O[C@H](O[C@@H]2CCC(=O)c3c(O)ccc(O)c32)[C@H](O)[C@@H](O)[C@@H]1O)c1cc(O)c(O)c(O)c1. The molecule has 1 aliphatic heterocycles. The quantitative estimate of drug-likeness (QED) is 0.150. The van der Waals surface area contributed by atoms with Crippen molar-refractivity contribution in [2.24, 2.45) is 0 Å². The standard InChI is InChI=1S/C23H24O13/c24-9-1-2-11(26)17-14(4-3-10(25)16(9)17)35-23-21(32)20(31)19(30)15(36-23)7-34-22(33)8-5-12(27)18(29)13(28)6-8/h1-2,5-6,14-15,19-21,23-24,26-32H,3-4,7H2/t14-,15-,19-,20+,21-,23+/m1/s1. The van der Waals surface area contributed by atoms with E-state index in [1.54, 1.807) is 0 Å². The van der Waals surface area contributed by atoms with Crippen molar-refractivity contribution < 1.29 is 64.7 Å². The molecule has 1 aliphatic carbocycles. The van der Waals surface area contributed by atoms with Crippen LogP contribution in [0.25, 0.3) is 0 Å². The molecule has 0 spiro atoms. The monoisotopic (exact) mass is 508 g/mol. The van der Waals surface area contributed by atoms with Gasteiger partial charge in [0.1, 0.15) is 42.5 Å². The fraction of sp³-hybridized carbons (Fsp3) is 0.391. The minimum absolute atomic E-state index is 0.0161. The number of ketones is 1. The second-order valence-corrected chi connectivity index (χ2v) is 8.46. The lowest BCUT2D eigenvalue weighted by atomic mass is 9.87. The van der Waals surface area contributed by atoms with E-state index in [0.29, 0.717) is 0 Å². The van der Waals surface area contributed by atoms with Gasteiger partial charge in [0.25, 0.3) is 0 Å². The van der Waals surface area contributed by atoms with Gasteiger partial charge in [-0.1, -0.05) is 0 Å². The number of aliphatic hydroxyl groups is 3. The van der Waals surface area contributed by atoms with Crippen LogP contribution in [-0.2, 0) is 14.2 Å². The second-order valence-electron chi connectivity index (χ2n) is 8.46. The maximum atomic E-state index is 12.3. The summed E-state index contributed by atoms with van der Waals surface area (Å²) in [7, 11) is 0. The summed E-state index contributed by atoms with van der Waals surface area (Å²) in [4.78, 5) is 24.6. The topological polar surface area (TPSA) is 224 Å². The lowest BCUT2D eigenvalue weighted by molar-refractivity contribution is -0.312. The number of fused-ring (bicyclic) bond motifs is 1. The predicted molar refractivity (Wildman–Crippen MR) is 116 cm³/mol. The van der Waals surface area contributed by atoms with Crippen molar-refractivity contribution in [3.63, 3.8) is 0 Å². The van der Waals surface area contributed by atoms with Crippen LogP contribution in [0.1, 0.15) is 45.2 Å². The first kappa shape index (κ1) is 25.5. The van der Waals surface area contributed by atoms with Crippen LogP contribution in [0, 0.1) is 0 Å². The maximum Gasteiger partial charge on any atom is 0.338 e. The molecular weight excluding hydrogens is 484 g/mol. The molecule has 36 heavy (non-hydrogen) atoms. The molecule has 0 radical (unpaired) electrons. The second kappa shape index (κ2) is 9.79. The molecule has 6 atom stereocenters. The van der Waals surface area contributed by atoms with Gasteiger partial charge in [0.2, 0.25) is 0 Å². The number of hydrogen-bond acceptors (Lipinski definition) is 13. The number of Topliss-reactive ketones (excluding diaryl/α,β-unsaturated/α-hetero) is 1. The molecule has 13 nitrogen and oxygen atoms in total. The summed E-state index contributed by atoms with van der Waals surface area (Å²) in [5.74, 6) is -4.58. The Hall–Kier alpha value is -3.62. The summed E-state index contributed by atoms with van der Waals surface area (Å²) in [5, 5.41) is 79.8. The number of aliphatic hydroxyl groups excluding tert-OH is 3. The lowest BCUT2D eigenvalue weighted by Gasteiger charge is -2.41. The number of ether oxygens (including phenoxy) is 3. The first-order chi connectivity index (χ1) is 17.0. The van der Waals surface area contributed by atoms with Crippen LogP contribution in [-0.4, -0.2) is 89.9 Å². The van der Waals surface area contributed by atoms with Crippen LogP contribution in [0.5, 0.6) is 28.7 Å². The van der Waals surface area contributed by atoms with Crippen molar-refractivity contribution >= 4 is 11.8 Å². The minimum Gasteiger partial charge on any atom is -0.508 e. The van der Waals surface area contributed by atoms with Crippen LogP contribution in [0.4, 0.5) is 0 Å². The highest BCUT2D eigenvalue weighted by atomic mass is 16.7. The van der Waals surface area contributed by atoms with Gasteiger partial charge < -0.3 is 55.1 Å². The molecule has 1 saturated heterocycles. The molecular formula is C23H24O13. The van der Waals surface area contributed by atoms with Gasteiger partial charge in [0.05, 0.1) is 17.2 Å². The average Bonchev–Trinajstić information content (AvgIpc) is 2.84. The number of phenols is 5. The molecule has 1 fully saturated rings. The number of benzene rings is 2. The summed E-state index contributed by atoms with van der Waals surface area (Å²) in [6.45, 7) is -0.655. The highest BCUT2D eigenvalue weighted by Crippen LogP contribution is 2.43. The van der Waals surface area contributed by atoms with E-state index >= 15 is 0 Å². The zero-order chi connectivity index (χ0) is 26.3. The number of aromatic hydroxyl groups is 5. The molecule has 4 rings (SSSR count). The van der Waals surface area contributed by atoms with Crippen molar-refractivity contribution in [1.82, 2.24) is 0 Å². The number of carbonyl (C=O) groups excluding carboxylic acids is 2. The smallest absolute Gasteiger partial charge is 0.338 e. The van der Waals surface area contributed by atoms with Crippen LogP contribution in [0.2, 0.25) is 0 Å². The van der Waals surface area contributed by atoms with E-state index in [9.17, 15) is 50.4 Å². The first-order valence-electron chi connectivity index (χ1n) is 10.8. The molecule has 1 heterocycles. The molecule has 0 aromatic heterocycles. The van der Waals surface area contributed by atoms with Gasteiger partial charge in [-0.05, 0) is 30.7 Å². The lowest BCUT2D eigenvalue weighted by Crippen LogP contribution is -2.59. The minimum atomic E-state index is -1.79. The van der Waals surface area contributed by atoms with Crippen molar-refractivity contribution in [2.45, 2.75) is 49.7 Å². The van der Waals surface area contributed by atoms with Gasteiger partial charge in [-0.3, -0.25) is 4.79 Å². The molecule has 0 bridgehead atoms. The number of hydrogen-bond donors (Lipinski definition) is 8. The van der Waals surface area contributed by atoms with E-state index in [1.165, 1.54) is 6.07 Å². The highest BCUT2D eigenvalue weighted by Gasteiger charge is 2.46. The Balaban J connectivity index is 1.49. The molecule has 8 N–H and O–H groups in total. The van der Waals surface area contributed by atoms with Crippen molar-refractivity contribution in [1.29, 1.82) is 0 Å². The number of carbonyl (C=O) groups is 2. The van der Waals surface area contributed by atoms with Gasteiger partial charge >= 0.3 is 5.97 Å². The van der Waals surface area contributed by atoms with Crippen LogP contribution in [0.15, 0.2) is 24.3 Å². The van der Waals surface area contributed by atoms with Gasteiger partial charge in [-0.15, -0.1) is 0 Å². The molecule has 2 aliphatic rings. The van der Waals surface area contributed by atoms with Crippen molar-refractivity contribution in [2.75, 3.05) is 6.61 Å². The summed E-state index contributed by atoms with van der Waals surface area (Å²) in [6.07, 6.45) is -9.29. The maximum absolute atomic E-state index is 12.3. The highest BCUT2D eigenvalue weighted by molar-refractivity contribution is 6.01. The number of esters is 1. The largest absolute Gasteiger partial charge is 0.508 e. The molecule has 2 aromatic rings. The predicted octanol–water partition coefficient (Wildman–Crippen LogP) is -0.0866. The van der Waals surface area contributed by atoms with Crippen molar-refractivity contribution in [3.8, 4) is 28.7 Å². The first-order valence-corrected chi connectivity index (χ1v) is 10.8. The van der Waals surface area contributed by atoms with E-state index < -0.39 is 72.4 Å². The van der Waals surface area contributed by atoms with Gasteiger partial charge in [0, 0.05) is 12.0 Å². The summed E-state index contributed by atoms with van der Waals surface area (Å²) in [5.41, 5.74) is -0.485. The van der Waals surface area contributed by atoms with Crippen LogP contribution < -0.4 is 0 Å².